The fourth-order valence-electron chi connectivity index (χ4n) is 2.69. The van der Waals surface area contributed by atoms with Gasteiger partial charge < -0.3 is 19.7 Å². The van der Waals surface area contributed by atoms with Gasteiger partial charge in [-0.15, -0.1) is 0 Å². The molecule has 1 unspecified atom stereocenters. The summed E-state index contributed by atoms with van der Waals surface area (Å²) >= 11 is 0. The number of rotatable bonds is 1. The third-order valence-electron chi connectivity index (χ3n) is 3.66. The molecule has 1 heterocycles. The number of carbonyl (C=O) groups is 1. The van der Waals surface area contributed by atoms with Gasteiger partial charge in [0.2, 0.25) is 0 Å². The highest BCUT2D eigenvalue weighted by molar-refractivity contribution is 5.89. The van der Waals surface area contributed by atoms with E-state index in [4.69, 9.17) is 4.74 Å². The van der Waals surface area contributed by atoms with E-state index in [0.717, 1.165) is 0 Å². The fraction of sp³-hybridized carbons (Fsp3) is 0.727. The summed E-state index contributed by atoms with van der Waals surface area (Å²) in [6.07, 6.45) is 0.250. The molecule has 5 heteroatoms. The molecule has 1 aliphatic heterocycles. The van der Waals surface area contributed by atoms with E-state index in [2.05, 4.69) is 4.74 Å². The van der Waals surface area contributed by atoms with Crippen molar-refractivity contribution in [2.24, 2.45) is 17.8 Å². The van der Waals surface area contributed by atoms with Crippen molar-refractivity contribution >= 4 is 5.97 Å². The van der Waals surface area contributed by atoms with E-state index < -0.39 is 18.4 Å². The van der Waals surface area contributed by atoms with Crippen LogP contribution in [0.3, 0.4) is 0 Å². The van der Waals surface area contributed by atoms with E-state index in [1.54, 1.807) is 0 Å². The van der Waals surface area contributed by atoms with Crippen molar-refractivity contribution in [3.63, 3.8) is 0 Å². The molecule has 1 saturated carbocycles. The zero-order valence-electron chi connectivity index (χ0n) is 9.29. The number of methoxy groups -OCH3 is 1. The molecule has 0 spiro atoms. The van der Waals surface area contributed by atoms with E-state index in [1.807, 2.05) is 6.92 Å². The van der Waals surface area contributed by atoms with Crippen molar-refractivity contribution in [1.82, 2.24) is 0 Å². The van der Waals surface area contributed by atoms with Gasteiger partial charge in [-0.1, -0.05) is 6.92 Å². The molecule has 0 aromatic heterocycles. The topological polar surface area (TPSA) is 76.0 Å². The largest absolute Gasteiger partial charge is 0.472 e. The number of ether oxygens (including phenoxy) is 2. The maximum Gasteiger partial charge on any atom is 0.337 e. The molecule has 90 valence electrons. The Morgan fingerprint density at radius 1 is 1.56 bits per heavy atom. The summed E-state index contributed by atoms with van der Waals surface area (Å²) < 4.78 is 9.68. The lowest BCUT2D eigenvalue weighted by molar-refractivity contribution is -0.145. The highest BCUT2D eigenvalue weighted by Crippen LogP contribution is 2.45. The third kappa shape index (κ3) is 1.60. The van der Waals surface area contributed by atoms with Gasteiger partial charge in [0.25, 0.3) is 0 Å². The number of fused-ring (bicyclic) bond motifs is 1. The van der Waals surface area contributed by atoms with Crippen LogP contribution >= 0.6 is 0 Å². The van der Waals surface area contributed by atoms with E-state index in [1.165, 1.54) is 13.4 Å². The molecule has 1 aliphatic carbocycles. The molecule has 0 aromatic rings. The Labute approximate surface area is 93.7 Å². The Hall–Kier alpha value is -1.07. The summed E-state index contributed by atoms with van der Waals surface area (Å²) in [6, 6.07) is 0. The van der Waals surface area contributed by atoms with Crippen molar-refractivity contribution in [1.29, 1.82) is 0 Å². The monoisotopic (exact) mass is 228 g/mol. The smallest absolute Gasteiger partial charge is 0.337 e. The minimum Gasteiger partial charge on any atom is -0.472 e. The Bertz CT molecular complexity index is 324. The van der Waals surface area contributed by atoms with Gasteiger partial charge >= 0.3 is 5.97 Å². The summed E-state index contributed by atoms with van der Waals surface area (Å²) in [5, 5.41) is 19.5. The first-order valence-corrected chi connectivity index (χ1v) is 5.36. The van der Waals surface area contributed by atoms with E-state index in [-0.39, 0.29) is 17.8 Å². The molecule has 5 atom stereocenters. The zero-order chi connectivity index (χ0) is 11.9. The SMILES string of the molecule is COC(=O)C1=COC(O)[C@H]2[C@H](C)[C@H](O)C[C@@H]12. The van der Waals surface area contributed by atoms with Crippen molar-refractivity contribution in [2.45, 2.75) is 25.7 Å². The van der Waals surface area contributed by atoms with Gasteiger partial charge in [-0.3, -0.25) is 0 Å². The highest BCUT2D eigenvalue weighted by Gasteiger charge is 2.49. The minimum atomic E-state index is -0.953. The first kappa shape index (κ1) is 11.4. The van der Waals surface area contributed by atoms with Crippen molar-refractivity contribution < 1.29 is 24.5 Å². The van der Waals surface area contributed by atoms with Crippen molar-refractivity contribution in [3.05, 3.63) is 11.8 Å². The van der Waals surface area contributed by atoms with Gasteiger partial charge in [0.15, 0.2) is 6.29 Å². The Balaban J connectivity index is 2.28. The molecule has 0 bridgehead atoms. The van der Waals surface area contributed by atoms with Gasteiger partial charge in [-0.2, -0.15) is 0 Å². The third-order valence-corrected chi connectivity index (χ3v) is 3.66. The normalized spacial score (nSPS) is 42.0. The van der Waals surface area contributed by atoms with Gasteiger partial charge in [-0.25, -0.2) is 4.79 Å². The Morgan fingerprint density at radius 2 is 2.25 bits per heavy atom. The second-order valence-corrected chi connectivity index (χ2v) is 4.44. The lowest BCUT2D eigenvalue weighted by atomic mass is 9.83. The van der Waals surface area contributed by atoms with E-state index in [0.29, 0.717) is 12.0 Å². The molecule has 0 saturated heterocycles. The molecular weight excluding hydrogens is 212 g/mol. The van der Waals surface area contributed by atoms with Crippen LogP contribution in [0.1, 0.15) is 13.3 Å². The summed E-state index contributed by atoms with van der Waals surface area (Å²) in [7, 11) is 1.30. The molecule has 0 radical (unpaired) electrons. The minimum absolute atomic E-state index is 0.0895. The van der Waals surface area contributed by atoms with Gasteiger partial charge in [0, 0.05) is 11.8 Å². The maximum absolute atomic E-state index is 11.5. The molecule has 0 amide bonds. The molecule has 5 nitrogen and oxygen atoms in total. The van der Waals surface area contributed by atoms with Crippen LogP contribution < -0.4 is 0 Å². The Kier molecular flexibility index (Phi) is 2.90. The molecule has 2 N–H and O–H groups in total. The number of hydrogen-bond acceptors (Lipinski definition) is 5. The molecule has 16 heavy (non-hydrogen) atoms. The lowest BCUT2D eigenvalue weighted by Crippen LogP contribution is -2.36. The summed E-state index contributed by atoms with van der Waals surface area (Å²) in [5.74, 6) is -0.966. The summed E-state index contributed by atoms with van der Waals surface area (Å²) in [6.45, 7) is 1.85. The first-order valence-electron chi connectivity index (χ1n) is 5.36. The van der Waals surface area contributed by atoms with Gasteiger partial charge in [0.05, 0.1) is 25.0 Å². The second-order valence-electron chi connectivity index (χ2n) is 4.44. The molecular formula is C11H16O5. The average Bonchev–Trinajstić information content (AvgIpc) is 2.56. The number of esters is 1. The van der Waals surface area contributed by atoms with Crippen molar-refractivity contribution in [3.8, 4) is 0 Å². The van der Waals surface area contributed by atoms with Crippen LogP contribution in [0, 0.1) is 17.8 Å². The van der Waals surface area contributed by atoms with Gasteiger partial charge in [-0.05, 0) is 12.3 Å². The Morgan fingerprint density at radius 3 is 2.88 bits per heavy atom. The molecule has 0 aromatic carbocycles. The standard InChI is InChI=1S/C11H16O5/c1-5-8(12)3-6-7(10(13)15-2)4-16-11(14)9(5)6/h4-6,8-9,11-12,14H,3H2,1-2H3/t5-,6+,8-,9+,11?/m1/s1. The van der Waals surface area contributed by atoms with Crippen LogP contribution in [0.4, 0.5) is 0 Å². The number of aliphatic hydroxyl groups is 2. The predicted octanol–water partition coefficient (Wildman–Crippen LogP) is 0.0250. The van der Waals surface area contributed by atoms with Crippen LogP contribution in [0.5, 0.6) is 0 Å². The average molecular weight is 228 g/mol. The van der Waals surface area contributed by atoms with E-state index in [9.17, 15) is 15.0 Å². The number of aliphatic hydroxyl groups excluding tert-OH is 2. The second kappa shape index (κ2) is 4.07. The van der Waals surface area contributed by atoms with Crippen LogP contribution in [-0.2, 0) is 14.3 Å². The molecule has 2 rings (SSSR count). The number of hydrogen-bond donors (Lipinski definition) is 2. The van der Waals surface area contributed by atoms with Crippen LogP contribution in [0.25, 0.3) is 0 Å². The first-order chi connectivity index (χ1) is 7.56. The lowest BCUT2D eigenvalue weighted by Gasteiger charge is -2.31. The van der Waals surface area contributed by atoms with E-state index >= 15 is 0 Å². The summed E-state index contributed by atoms with van der Waals surface area (Å²) in [4.78, 5) is 11.5. The van der Waals surface area contributed by atoms with Gasteiger partial charge in [0.1, 0.15) is 0 Å². The predicted molar refractivity (Wildman–Crippen MR) is 54.0 cm³/mol. The summed E-state index contributed by atoms with van der Waals surface area (Å²) in [5.41, 5.74) is 0.404. The van der Waals surface area contributed by atoms with Crippen LogP contribution in [0.15, 0.2) is 11.8 Å². The highest BCUT2D eigenvalue weighted by atomic mass is 16.6. The maximum atomic E-state index is 11.5. The quantitative estimate of drug-likeness (QED) is 0.619. The molecule has 1 fully saturated rings. The van der Waals surface area contributed by atoms with Crippen LogP contribution in [0.2, 0.25) is 0 Å². The zero-order valence-corrected chi connectivity index (χ0v) is 9.29. The van der Waals surface area contributed by atoms with Crippen molar-refractivity contribution in [2.75, 3.05) is 7.11 Å². The fourth-order valence-corrected chi connectivity index (χ4v) is 2.69. The molecule has 2 aliphatic rings. The number of carbonyl (C=O) groups excluding carboxylic acids is 1. The van der Waals surface area contributed by atoms with Crippen LogP contribution in [-0.4, -0.2) is 35.7 Å².